The van der Waals surface area contributed by atoms with Crippen molar-refractivity contribution in [3.05, 3.63) is 29.0 Å². The Bertz CT molecular complexity index is 378. The van der Waals surface area contributed by atoms with E-state index in [1.165, 1.54) is 10.4 Å². The number of halogens is 3. The summed E-state index contributed by atoms with van der Waals surface area (Å²) in [6, 6.07) is 6.29. The Labute approximate surface area is 98.8 Å². The first-order chi connectivity index (χ1) is 7.11. The highest BCUT2D eigenvalue weighted by molar-refractivity contribution is 7.83. The van der Waals surface area contributed by atoms with E-state index in [-0.39, 0.29) is 0 Å². The molecule has 2 aromatic heterocycles. The lowest BCUT2D eigenvalue weighted by molar-refractivity contribution is 0.00819. The monoisotopic (exact) mass is 268 g/mol. The van der Waals surface area contributed by atoms with Gasteiger partial charge in [0.05, 0.1) is 4.21 Å². The van der Waals surface area contributed by atoms with Gasteiger partial charge < -0.3 is 0 Å². The second kappa shape index (κ2) is 6.19. The molecule has 0 bridgehead atoms. The van der Waals surface area contributed by atoms with Crippen LogP contribution in [-0.2, 0) is 0 Å². The van der Waals surface area contributed by atoms with Gasteiger partial charge >= 0.3 is 6.68 Å². The van der Waals surface area contributed by atoms with Crippen molar-refractivity contribution in [2.45, 2.75) is 10.9 Å². The molecular formula is C9H7F3S3. The summed E-state index contributed by atoms with van der Waals surface area (Å²) in [5.41, 5.74) is 1.26. The number of alkyl halides is 3. The zero-order chi connectivity index (χ0) is 11.3. The maximum atomic E-state index is 9.67. The van der Waals surface area contributed by atoms with Gasteiger partial charge in [-0.2, -0.15) is 13.2 Å². The Balaban J connectivity index is 0.000000245. The molecule has 0 aliphatic rings. The van der Waals surface area contributed by atoms with Crippen LogP contribution in [0.5, 0.6) is 0 Å². The van der Waals surface area contributed by atoms with Crippen molar-refractivity contribution < 1.29 is 13.2 Å². The molecule has 6 heteroatoms. The molecular weight excluding hydrogens is 261 g/mol. The van der Waals surface area contributed by atoms with E-state index in [1.807, 2.05) is 0 Å². The summed E-state index contributed by atoms with van der Waals surface area (Å²) in [5, 5.41) is 4.15. The molecule has 0 saturated heterocycles. The fourth-order valence-electron chi connectivity index (χ4n) is 0.921. The summed E-state index contributed by atoms with van der Waals surface area (Å²) >= 11 is 7.79. The average molecular weight is 268 g/mol. The molecule has 0 spiro atoms. The summed E-state index contributed by atoms with van der Waals surface area (Å²) in [6.07, 6.45) is 0. The Morgan fingerprint density at radius 2 is 1.73 bits per heavy atom. The predicted octanol–water partition coefficient (Wildman–Crippen LogP) is 4.94. The Morgan fingerprint density at radius 1 is 1.07 bits per heavy atom. The third kappa shape index (κ3) is 4.27. The molecule has 0 saturated carbocycles. The topological polar surface area (TPSA) is 0 Å². The maximum absolute atomic E-state index is 9.67. The van der Waals surface area contributed by atoms with Crippen LogP contribution in [0.2, 0.25) is 0 Å². The van der Waals surface area contributed by atoms with Gasteiger partial charge in [0.25, 0.3) is 0 Å². The van der Waals surface area contributed by atoms with Gasteiger partial charge in [0.15, 0.2) is 0 Å². The van der Waals surface area contributed by atoms with E-state index in [0.29, 0.717) is 0 Å². The quantitative estimate of drug-likeness (QED) is 0.695. The van der Waals surface area contributed by atoms with E-state index in [0.717, 1.165) is 4.21 Å². The molecule has 0 aromatic carbocycles. The Hall–Kier alpha value is -0.460. The van der Waals surface area contributed by atoms with Gasteiger partial charge in [-0.25, -0.2) is 0 Å². The van der Waals surface area contributed by atoms with Crippen molar-refractivity contribution in [3.8, 4) is 10.4 Å². The molecule has 0 N–H and O–H groups in total. The molecule has 2 rings (SSSR count). The van der Waals surface area contributed by atoms with Gasteiger partial charge in [-0.15, -0.1) is 35.3 Å². The van der Waals surface area contributed by atoms with Crippen molar-refractivity contribution in [1.29, 1.82) is 0 Å². The SMILES string of the molecule is FC(F)F.Sc1sccc1-c1cccs1. The Morgan fingerprint density at radius 3 is 2.13 bits per heavy atom. The first-order valence-electron chi connectivity index (χ1n) is 3.84. The van der Waals surface area contributed by atoms with E-state index in [9.17, 15) is 13.2 Å². The third-order valence-electron chi connectivity index (χ3n) is 1.43. The van der Waals surface area contributed by atoms with Crippen LogP contribution in [-0.4, -0.2) is 6.68 Å². The number of rotatable bonds is 1. The van der Waals surface area contributed by atoms with Crippen molar-refractivity contribution in [2.24, 2.45) is 0 Å². The minimum Gasteiger partial charge on any atom is -0.174 e. The summed E-state index contributed by atoms with van der Waals surface area (Å²) in [7, 11) is 0. The molecule has 15 heavy (non-hydrogen) atoms. The number of thiol groups is 1. The van der Waals surface area contributed by atoms with Gasteiger partial charge in [0.1, 0.15) is 0 Å². The second-order valence-electron chi connectivity index (χ2n) is 2.36. The Kier molecular flexibility index (Phi) is 5.21. The maximum Gasteiger partial charge on any atom is 0.379 e. The normalized spacial score (nSPS) is 9.93. The highest BCUT2D eigenvalue weighted by Gasteiger charge is 2.02. The lowest BCUT2D eigenvalue weighted by Crippen LogP contribution is -1.65. The minimum atomic E-state index is -3.67. The summed E-state index contributed by atoms with van der Waals surface area (Å²) in [6.45, 7) is -3.67. The average Bonchev–Trinajstić information content (AvgIpc) is 2.71. The predicted molar refractivity (Wildman–Crippen MR) is 62.0 cm³/mol. The highest BCUT2D eigenvalue weighted by atomic mass is 32.2. The molecule has 0 aliphatic heterocycles. The van der Waals surface area contributed by atoms with Crippen LogP contribution in [0.25, 0.3) is 10.4 Å². The molecule has 0 unspecified atom stereocenters. The van der Waals surface area contributed by atoms with Crippen molar-refractivity contribution in [2.75, 3.05) is 0 Å². The van der Waals surface area contributed by atoms with E-state index >= 15 is 0 Å². The summed E-state index contributed by atoms with van der Waals surface area (Å²) in [5.74, 6) is 0. The van der Waals surface area contributed by atoms with Crippen LogP contribution in [0.4, 0.5) is 13.2 Å². The molecule has 2 aromatic rings. The molecule has 2 heterocycles. The summed E-state index contributed by atoms with van der Waals surface area (Å²) in [4.78, 5) is 1.30. The zero-order valence-corrected chi connectivity index (χ0v) is 9.89. The van der Waals surface area contributed by atoms with Crippen LogP contribution >= 0.6 is 35.3 Å². The smallest absolute Gasteiger partial charge is 0.174 e. The molecule has 0 fully saturated rings. The molecule has 0 amide bonds. The van der Waals surface area contributed by atoms with Gasteiger partial charge in [-0.05, 0) is 22.9 Å². The molecule has 0 atom stereocenters. The highest BCUT2D eigenvalue weighted by Crippen LogP contribution is 2.33. The second-order valence-corrected chi connectivity index (χ2v) is 4.98. The van der Waals surface area contributed by atoms with E-state index in [1.54, 1.807) is 22.7 Å². The first kappa shape index (κ1) is 12.6. The molecule has 0 aliphatic carbocycles. The lowest BCUT2D eigenvalue weighted by Gasteiger charge is -1.91. The van der Waals surface area contributed by atoms with Crippen LogP contribution in [0.15, 0.2) is 33.2 Å². The third-order valence-corrected chi connectivity index (χ3v) is 3.61. The van der Waals surface area contributed by atoms with Gasteiger partial charge in [0, 0.05) is 10.4 Å². The number of hydrogen-bond donors (Lipinski definition) is 1. The lowest BCUT2D eigenvalue weighted by atomic mass is 10.3. The van der Waals surface area contributed by atoms with Crippen LogP contribution < -0.4 is 0 Å². The van der Waals surface area contributed by atoms with Crippen molar-refractivity contribution >= 4 is 35.3 Å². The minimum absolute atomic E-state index is 1.10. The van der Waals surface area contributed by atoms with Gasteiger partial charge in [-0.1, -0.05) is 6.07 Å². The van der Waals surface area contributed by atoms with Crippen molar-refractivity contribution in [3.63, 3.8) is 0 Å². The standard InChI is InChI=1S/C8H6S3.CHF3/c9-8-6(3-5-11-8)7-2-1-4-10-7;2-1(3)4/h1-5,9H;1H. The summed E-state index contributed by atoms with van der Waals surface area (Å²) < 4.78 is 30.1. The fraction of sp³-hybridized carbons (Fsp3) is 0.111. The van der Waals surface area contributed by atoms with Crippen molar-refractivity contribution in [1.82, 2.24) is 0 Å². The molecule has 0 nitrogen and oxygen atoms in total. The van der Waals surface area contributed by atoms with Crippen LogP contribution in [0.1, 0.15) is 0 Å². The van der Waals surface area contributed by atoms with E-state index in [2.05, 4.69) is 41.6 Å². The fourth-order valence-corrected chi connectivity index (χ4v) is 2.83. The van der Waals surface area contributed by atoms with E-state index < -0.39 is 6.68 Å². The van der Waals surface area contributed by atoms with Crippen LogP contribution in [0.3, 0.4) is 0 Å². The zero-order valence-electron chi connectivity index (χ0n) is 7.36. The van der Waals surface area contributed by atoms with Gasteiger partial charge in [-0.3, -0.25) is 0 Å². The van der Waals surface area contributed by atoms with Crippen LogP contribution in [0, 0.1) is 0 Å². The molecule has 0 radical (unpaired) electrons. The largest absolute Gasteiger partial charge is 0.379 e. The first-order valence-corrected chi connectivity index (χ1v) is 6.04. The number of thiophene rings is 2. The van der Waals surface area contributed by atoms with E-state index in [4.69, 9.17) is 0 Å². The molecule has 82 valence electrons. The number of hydrogen-bond acceptors (Lipinski definition) is 3. The van der Waals surface area contributed by atoms with Gasteiger partial charge in [0.2, 0.25) is 0 Å².